The van der Waals surface area contributed by atoms with E-state index < -0.39 is 0 Å². The molecule has 2 heterocycles. The molecule has 92 valence electrons. The third-order valence-electron chi connectivity index (χ3n) is 2.59. The van der Waals surface area contributed by atoms with Crippen LogP contribution in [0.5, 0.6) is 0 Å². The van der Waals surface area contributed by atoms with E-state index in [9.17, 15) is 0 Å². The van der Waals surface area contributed by atoms with Crippen molar-refractivity contribution in [1.29, 1.82) is 0 Å². The van der Waals surface area contributed by atoms with Crippen molar-refractivity contribution in [2.75, 3.05) is 5.32 Å². The quantitative estimate of drug-likeness (QED) is 0.824. The van der Waals surface area contributed by atoms with Gasteiger partial charge in [-0.1, -0.05) is 18.3 Å². The van der Waals surface area contributed by atoms with E-state index in [2.05, 4.69) is 15.3 Å². The van der Waals surface area contributed by atoms with Crippen LogP contribution in [-0.2, 0) is 0 Å². The van der Waals surface area contributed by atoms with Gasteiger partial charge in [-0.15, -0.1) is 0 Å². The van der Waals surface area contributed by atoms with E-state index in [1.54, 1.807) is 18.5 Å². The molecule has 0 aliphatic rings. The topological polar surface area (TPSA) is 63.8 Å². The van der Waals surface area contributed by atoms with Crippen LogP contribution < -0.4 is 11.1 Å². The van der Waals surface area contributed by atoms with E-state index in [1.807, 2.05) is 31.3 Å². The molecule has 0 aliphatic heterocycles. The molecule has 0 radical (unpaired) electrons. The molecule has 18 heavy (non-hydrogen) atoms. The minimum atomic E-state index is 0.118. The zero-order valence-corrected chi connectivity index (χ0v) is 10.8. The SMILES string of the molecule is CC(Nc1cc(C(N)=S)ccn1)c1cccnc1. The Morgan fingerprint density at radius 1 is 1.39 bits per heavy atom. The third kappa shape index (κ3) is 3.01. The number of nitrogens with two attached hydrogens (primary N) is 1. The molecule has 0 amide bonds. The lowest BCUT2D eigenvalue weighted by atomic mass is 10.1. The summed E-state index contributed by atoms with van der Waals surface area (Å²) >= 11 is 4.94. The largest absolute Gasteiger partial charge is 0.389 e. The molecule has 2 rings (SSSR count). The fourth-order valence-electron chi connectivity index (χ4n) is 1.60. The first-order chi connectivity index (χ1) is 8.66. The molecule has 2 aromatic heterocycles. The van der Waals surface area contributed by atoms with E-state index in [0.717, 1.165) is 16.9 Å². The van der Waals surface area contributed by atoms with Gasteiger partial charge in [0.2, 0.25) is 0 Å². The molecule has 4 nitrogen and oxygen atoms in total. The lowest BCUT2D eigenvalue weighted by molar-refractivity contribution is 0.866. The minimum Gasteiger partial charge on any atom is -0.389 e. The second-order valence-electron chi connectivity index (χ2n) is 3.95. The van der Waals surface area contributed by atoms with Crippen molar-refractivity contribution in [3.63, 3.8) is 0 Å². The van der Waals surface area contributed by atoms with Gasteiger partial charge >= 0.3 is 0 Å². The Kier molecular flexibility index (Phi) is 3.84. The highest BCUT2D eigenvalue weighted by Gasteiger charge is 2.06. The second kappa shape index (κ2) is 5.55. The van der Waals surface area contributed by atoms with Gasteiger partial charge in [0, 0.05) is 24.2 Å². The smallest absolute Gasteiger partial charge is 0.127 e. The Morgan fingerprint density at radius 3 is 2.89 bits per heavy atom. The Morgan fingerprint density at radius 2 is 2.22 bits per heavy atom. The van der Waals surface area contributed by atoms with Crippen molar-refractivity contribution in [3.05, 3.63) is 54.0 Å². The number of anilines is 1. The Balaban J connectivity index is 2.14. The van der Waals surface area contributed by atoms with Crippen molar-refractivity contribution in [2.24, 2.45) is 5.73 Å². The summed E-state index contributed by atoms with van der Waals surface area (Å²) in [7, 11) is 0. The van der Waals surface area contributed by atoms with Crippen LogP contribution in [-0.4, -0.2) is 15.0 Å². The molecule has 5 heteroatoms. The van der Waals surface area contributed by atoms with Crippen LogP contribution in [0.4, 0.5) is 5.82 Å². The molecule has 1 atom stereocenters. The fourth-order valence-corrected chi connectivity index (χ4v) is 1.73. The van der Waals surface area contributed by atoms with Gasteiger partial charge in [0.1, 0.15) is 10.8 Å². The summed E-state index contributed by atoms with van der Waals surface area (Å²) in [5.41, 5.74) is 7.49. The monoisotopic (exact) mass is 258 g/mol. The molecule has 3 N–H and O–H groups in total. The van der Waals surface area contributed by atoms with Crippen LogP contribution in [0.25, 0.3) is 0 Å². The van der Waals surface area contributed by atoms with Crippen LogP contribution in [0.15, 0.2) is 42.9 Å². The molecule has 2 aromatic rings. The Hall–Kier alpha value is -2.01. The van der Waals surface area contributed by atoms with Crippen molar-refractivity contribution in [2.45, 2.75) is 13.0 Å². The maximum Gasteiger partial charge on any atom is 0.127 e. The minimum absolute atomic E-state index is 0.118. The average molecular weight is 258 g/mol. The first-order valence-corrected chi connectivity index (χ1v) is 6.00. The van der Waals surface area contributed by atoms with Crippen molar-refractivity contribution in [3.8, 4) is 0 Å². The zero-order valence-electron chi connectivity index (χ0n) is 10.00. The lowest BCUT2D eigenvalue weighted by Gasteiger charge is -2.14. The predicted molar refractivity (Wildman–Crippen MR) is 76.4 cm³/mol. The molecule has 0 fully saturated rings. The van der Waals surface area contributed by atoms with Crippen molar-refractivity contribution >= 4 is 23.0 Å². The predicted octanol–water partition coefficient (Wildman–Crippen LogP) is 2.28. The molecule has 0 saturated carbocycles. The number of hydrogen-bond donors (Lipinski definition) is 2. The number of nitrogens with one attached hydrogen (secondary N) is 1. The van der Waals surface area contributed by atoms with Crippen molar-refractivity contribution < 1.29 is 0 Å². The number of rotatable bonds is 4. The van der Waals surface area contributed by atoms with Gasteiger partial charge in [-0.2, -0.15) is 0 Å². The number of nitrogens with zero attached hydrogens (tertiary/aromatic N) is 2. The van der Waals surface area contributed by atoms with Gasteiger partial charge < -0.3 is 11.1 Å². The fraction of sp³-hybridized carbons (Fsp3) is 0.154. The maximum atomic E-state index is 5.59. The molecule has 0 spiro atoms. The molecule has 1 unspecified atom stereocenters. The highest BCUT2D eigenvalue weighted by Crippen LogP contribution is 2.17. The van der Waals surface area contributed by atoms with Crippen LogP contribution >= 0.6 is 12.2 Å². The molecular weight excluding hydrogens is 244 g/mol. The van der Waals surface area contributed by atoms with E-state index >= 15 is 0 Å². The van der Waals surface area contributed by atoms with Gasteiger partial charge in [0.25, 0.3) is 0 Å². The highest BCUT2D eigenvalue weighted by molar-refractivity contribution is 7.80. The maximum absolute atomic E-state index is 5.59. The van der Waals surface area contributed by atoms with E-state index in [4.69, 9.17) is 18.0 Å². The molecular formula is C13H14N4S. The summed E-state index contributed by atoms with van der Waals surface area (Å²) in [6, 6.07) is 7.68. The second-order valence-corrected chi connectivity index (χ2v) is 4.39. The summed E-state index contributed by atoms with van der Waals surface area (Å²) in [5, 5.41) is 3.29. The number of pyridine rings is 2. The van der Waals surface area contributed by atoms with Gasteiger partial charge in [-0.05, 0) is 30.7 Å². The standard InChI is InChI=1S/C13H14N4S/c1-9(11-3-2-5-15-8-11)17-12-7-10(13(14)18)4-6-16-12/h2-9H,1H3,(H2,14,18)(H,16,17). The third-order valence-corrected chi connectivity index (χ3v) is 2.83. The van der Waals surface area contributed by atoms with E-state index in [1.165, 1.54) is 0 Å². The Labute approximate surface area is 111 Å². The summed E-state index contributed by atoms with van der Waals surface area (Å²) in [6.07, 6.45) is 5.27. The van der Waals surface area contributed by atoms with Crippen LogP contribution in [0, 0.1) is 0 Å². The van der Waals surface area contributed by atoms with Crippen LogP contribution in [0.1, 0.15) is 24.1 Å². The summed E-state index contributed by atoms with van der Waals surface area (Å²) < 4.78 is 0. The normalized spacial score (nSPS) is 11.8. The molecule has 0 aromatic carbocycles. The number of hydrogen-bond acceptors (Lipinski definition) is 4. The van der Waals surface area contributed by atoms with Gasteiger partial charge in [-0.25, -0.2) is 4.98 Å². The van der Waals surface area contributed by atoms with E-state index in [-0.39, 0.29) is 6.04 Å². The molecule has 0 saturated heterocycles. The number of aromatic nitrogens is 2. The van der Waals surface area contributed by atoms with Crippen molar-refractivity contribution in [1.82, 2.24) is 9.97 Å². The first-order valence-electron chi connectivity index (χ1n) is 5.59. The van der Waals surface area contributed by atoms with E-state index in [0.29, 0.717) is 4.99 Å². The Bertz CT molecular complexity index is 542. The van der Waals surface area contributed by atoms with Gasteiger partial charge in [-0.3, -0.25) is 4.98 Å². The average Bonchev–Trinajstić information content (AvgIpc) is 2.40. The summed E-state index contributed by atoms with van der Waals surface area (Å²) in [4.78, 5) is 8.70. The zero-order chi connectivity index (χ0) is 13.0. The van der Waals surface area contributed by atoms with Gasteiger partial charge in [0.05, 0.1) is 6.04 Å². The molecule has 0 bridgehead atoms. The van der Waals surface area contributed by atoms with Crippen LogP contribution in [0.3, 0.4) is 0 Å². The summed E-state index contributed by atoms with van der Waals surface area (Å²) in [5.74, 6) is 0.747. The summed E-state index contributed by atoms with van der Waals surface area (Å²) in [6.45, 7) is 2.05. The first kappa shape index (κ1) is 12.4. The number of thiocarbonyl (C=S) groups is 1. The lowest BCUT2D eigenvalue weighted by Crippen LogP contribution is -2.12. The molecule has 0 aliphatic carbocycles. The highest BCUT2D eigenvalue weighted by atomic mass is 32.1. The van der Waals surface area contributed by atoms with Gasteiger partial charge in [0.15, 0.2) is 0 Å². The van der Waals surface area contributed by atoms with Crippen LogP contribution in [0.2, 0.25) is 0 Å².